The van der Waals surface area contributed by atoms with Crippen LogP contribution in [0, 0.1) is 12.8 Å². The number of amides is 2. The Kier molecular flexibility index (Phi) is 7.75. The van der Waals surface area contributed by atoms with Gasteiger partial charge >= 0.3 is 0 Å². The Morgan fingerprint density at radius 3 is 2.41 bits per heavy atom. The molecule has 174 valence electrons. The van der Waals surface area contributed by atoms with Gasteiger partial charge in [0.15, 0.2) is 0 Å². The first-order chi connectivity index (χ1) is 15.2. The highest BCUT2D eigenvalue weighted by atomic mass is 16.2. The van der Waals surface area contributed by atoms with Crippen LogP contribution in [0.15, 0.2) is 30.3 Å². The van der Waals surface area contributed by atoms with Gasteiger partial charge in [-0.2, -0.15) is 5.10 Å². The molecule has 2 aromatic rings. The molecule has 2 amide bonds. The lowest BCUT2D eigenvalue weighted by atomic mass is 9.92. The molecule has 1 heterocycles. The van der Waals surface area contributed by atoms with Gasteiger partial charge in [0.2, 0.25) is 11.8 Å². The molecular weight excluding hydrogens is 400 g/mol. The molecule has 1 fully saturated rings. The molecule has 1 aliphatic carbocycles. The molecule has 0 saturated heterocycles. The van der Waals surface area contributed by atoms with Crippen molar-refractivity contribution in [3.63, 3.8) is 0 Å². The van der Waals surface area contributed by atoms with E-state index in [1.807, 2.05) is 44.2 Å². The number of hydrogen-bond donors (Lipinski definition) is 1. The van der Waals surface area contributed by atoms with Crippen LogP contribution >= 0.6 is 0 Å². The number of hydrogen-bond acceptors (Lipinski definition) is 3. The number of rotatable bonds is 8. The Morgan fingerprint density at radius 2 is 1.81 bits per heavy atom. The summed E-state index contributed by atoms with van der Waals surface area (Å²) in [5, 5.41) is 7.76. The van der Waals surface area contributed by atoms with Crippen molar-refractivity contribution in [1.29, 1.82) is 0 Å². The van der Waals surface area contributed by atoms with Gasteiger partial charge in [0, 0.05) is 24.4 Å². The van der Waals surface area contributed by atoms with Crippen molar-refractivity contribution < 1.29 is 9.59 Å². The normalized spacial score (nSPS) is 14.5. The second kappa shape index (κ2) is 10.3. The molecule has 6 nitrogen and oxygen atoms in total. The number of aryl methyl sites for hydroxylation is 1. The molecular formula is C26H38N4O2. The van der Waals surface area contributed by atoms with Crippen molar-refractivity contribution in [3.8, 4) is 5.69 Å². The largest absolute Gasteiger partial charge is 0.334 e. The lowest BCUT2D eigenvalue weighted by Gasteiger charge is -2.21. The number of nitrogens with one attached hydrogen (secondary N) is 1. The van der Waals surface area contributed by atoms with Gasteiger partial charge in [-0.05, 0) is 38.3 Å². The van der Waals surface area contributed by atoms with Crippen LogP contribution in [0.5, 0.6) is 0 Å². The summed E-state index contributed by atoms with van der Waals surface area (Å²) >= 11 is 0. The molecule has 0 unspecified atom stereocenters. The molecule has 1 aromatic carbocycles. The quantitative estimate of drug-likeness (QED) is 0.613. The van der Waals surface area contributed by atoms with Crippen molar-refractivity contribution >= 4 is 17.6 Å². The van der Waals surface area contributed by atoms with Crippen molar-refractivity contribution in [3.05, 3.63) is 41.6 Å². The first-order valence-electron chi connectivity index (χ1n) is 11.9. The van der Waals surface area contributed by atoms with Gasteiger partial charge in [0.1, 0.15) is 5.82 Å². The van der Waals surface area contributed by atoms with E-state index in [2.05, 4.69) is 26.1 Å². The Labute approximate surface area is 192 Å². The Balaban J connectivity index is 1.70. The summed E-state index contributed by atoms with van der Waals surface area (Å²) in [6, 6.07) is 9.98. The lowest BCUT2D eigenvalue weighted by molar-refractivity contribution is -0.134. The SMILES string of the molecule is CCN(CC(=O)Nc1cc(C(C)(C)C)nn1-c1ccc(C)cc1)C(=O)CCC1CCCC1. The maximum atomic E-state index is 12.9. The monoisotopic (exact) mass is 438 g/mol. The van der Waals surface area contributed by atoms with Crippen LogP contribution in [0.1, 0.15) is 77.5 Å². The molecule has 1 N–H and O–H groups in total. The third-order valence-electron chi connectivity index (χ3n) is 6.33. The molecule has 1 aromatic heterocycles. The average Bonchev–Trinajstić information content (AvgIpc) is 3.40. The number of benzene rings is 1. The number of anilines is 1. The van der Waals surface area contributed by atoms with Crippen LogP contribution < -0.4 is 5.32 Å². The van der Waals surface area contributed by atoms with E-state index in [1.165, 1.54) is 25.7 Å². The van der Waals surface area contributed by atoms with Gasteiger partial charge in [-0.25, -0.2) is 4.68 Å². The van der Waals surface area contributed by atoms with E-state index in [4.69, 9.17) is 5.10 Å². The summed E-state index contributed by atoms with van der Waals surface area (Å²) in [7, 11) is 0. The third kappa shape index (κ3) is 6.21. The number of likely N-dealkylation sites (N-methyl/N-ethyl adjacent to an activating group) is 1. The van der Waals surface area contributed by atoms with Crippen LogP contribution in [0.3, 0.4) is 0 Å². The summed E-state index contributed by atoms with van der Waals surface area (Å²) in [4.78, 5) is 27.3. The van der Waals surface area contributed by atoms with Gasteiger partial charge in [-0.3, -0.25) is 9.59 Å². The van der Waals surface area contributed by atoms with Gasteiger partial charge < -0.3 is 10.2 Å². The second-order valence-corrected chi connectivity index (χ2v) is 10.1. The van der Waals surface area contributed by atoms with Crippen LogP contribution in [0.2, 0.25) is 0 Å². The molecule has 0 atom stereocenters. The first-order valence-corrected chi connectivity index (χ1v) is 11.9. The first kappa shape index (κ1) is 24.0. The minimum Gasteiger partial charge on any atom is -0.334 e. The summed E-state index contributed by atoms with van der Waals surface area (Å²) in [6.07, 6.45) is 6.50. The fourth-order valence-corrected chi connectivity index (χ4v) is 4.24. The minimum atomic E-state index is -0.199. The van der Waals surface area contributed by atoms with Crippen molar-refractivity contribution in [2.75, 3.05) is 18.4 Å². The Morgan fingerprint density at radius 1 is 1.16 bits per heavy atom. The summed E-state index contributed by atoms with van der Waals surface area (Å²) in [5.41, 5.74) is 2.80. The van der Waals surface area contributed by atoms with E-state index < -0.39 is 0 Å². The van der Waals surface area contributed by atoms with E-state index in [0.29, 0.717) is 24.7 Å². The highest BCUT2D eigenvalue weighted by Gasteiger charge is 2.23. The van der Waals surface area contributed by atoms with Gasteiger partial charge in [0.05, 0.1) is 17.9 Å². The van der Waals surface area contributed by atoms with Crippen molar-refractivity contribution in [1.82, 2.24) is 14.7 Å². The standard InChI is InChI=1S/C26H38N4O2/c1-6-29(25(32)16-13-20-9-7-8-10-20)18-24(31)27-23-17-22(26(3,4)5)28-30(23)21-14-11-19(2)12-15-21/h11-12,14-15,17,20H,6-10,13,16,18H2,1-5H3,(H,27,31). The molecule has 0 spiro atoms. The summed E-state index contributed by atoms with van der Waals surface area (Å²) < 4.78 is 1.77. The zero-order chi connectivity index (χ0) is 23.3. The lowest BCUT2D eigenvalue weighted by Crippen LogP contribution is -2.38. The van der Waals surface area contributed by atoms with Gasteiger partial charge in [0.25, 0.3) is 0 Å². The number of nitrogens with zero attached hydrogens (tertiary/aromatic N) is 3. The predicted octanol–water partition coefficient (Wildman–Crippen LogP) is 5.24. The molecule has 32 heavy (non-hydrogen) atoms. The van der Waals surface area contributed by atoms with Crippen LogP contribution in [-0.4, -0.2) is 39.6 Å². The summed E-state index contributed by atoms with van der Waals surface area (Å²) in [5.74, 6) is 1.16. The van der Waals surface area contributed by atoms with Crippen molar-refractivity contribution in [2.45, 2.75) is 78.6 Å². The Hall–Kier alpha value is -2.63. The second-order valence-electron chi connectivity index (χ2n) is 10.1. The number of carbonyl (C=O) groups excluding carboxylic acids is 2. The highest BCUT2D eigenvalue weighted by molar-refractivity contribution is 5.94. The average molecular weight is 439 g/mol. The van der Waals surface area contributed by atoms with Gasteiger partial charge in [-0.1, -0.05) is 64.2 Å². The molecule has 3 rings (SSSR count). The highest BCUT2D eigenvalue weighted by Crippen LogP contribution is 2.29. The molecule has 0 bridgehead atoms. The number of carbonyl (C=O) groups is 2. The molecule has 6 heteroatoms. The zero-order valence-corrected chi connectivity index (χ0v) is 20.3. The Bertz CT molecular complexity index is 918. The maximum Gasteiger partial charge on any atom is 0.245 e. The van der Waals surface area contributed by atoms with Crippen molar-refractivity contribution in [2.24, 2.45) is 5.92 Å². The fourth-order valence-electron chi connectivity index (χ4n) is 4.24. The topological polar surface area (TPSA) is 67.2 Å². The van der Waals surface area contributed by atoms with Crippen LogP contribution in [-0.2, 0) is 15.0 Å². The molecule has 1 saturated carbocycles. The molecule has 0 radical (unpaired) electrons. The summed E-state index contributed by atoms with van der Waals surface area (Å²) in [6.45, 7) is 10.9. The zero-order valence-electron chi connectivity index (χ0n) is 20.3. The third-order valence-corrected chi connectivity index (χ3v) is 6.33. The van der Waals surface area contributed by atoms with E-state index in [1.54, 1.807) is 9.58 Å². The fraction of sp³-hybridized carbons (Fsp3) is 0.577. The van der Waals surface area contributed by atoms with Gasteiger partial charge in [-0.15, -0.1) is 0 Å². The van der Waals surface area contributed by atoms with Crippen LogP contribution in [0.25, 0.3) is 5.69 Å². The van der Waals surface area contributed by atoms with E-state index in [-0.39, 0.29) is 23.8 Å². The van der Waals surface area contributed by atoms with E-state index in [0.717, 1.165) is 23.4 Å². The molecule has 1 aliphatic rings. The molecule has 0 aliphatic heterocycles. The van der Waals surface area contributed by atoms with E-state index in [9.17, 15) is 9.59 Å². The van der Waals surface area contributed by atoms with Crippen LogP contribution in [0.4, 0.5) is 5.82 Å². The van der Waals surface area contributed by atoms with E-state index >= 15 is 0 Å². The predicted molar refractivity (Wildman–Crippen MR) is 129 cm³/mol. The smallest absolute Gasteiger partial charge is 0.245 e. The maximum absolute atomic E-state index is 12.9. The number of aromatic nitrogens is 2. The minimum absolute atomic E-state index is 0.0595.